The smallest absolute Gasteiger partial charge is 0.119 e. The SMILES string of the molecule is COc1ccc2c(c1)C(c1ccccc1)=C(CN1CCc3ccccc31)N(C)C2. The summed E-state index contributed by atoms with van der Waals surface area (Å²) in [4.78, 5) is 4.94. The van der Waals surface area contributed by atoms with Gasteiger partial charge in [-0.15, -0.1) is 0 Å². The van der Waals surface area contributed by atoms with Crippen LogP contribution in [0.3, 0.4) is 0 Å². The lowest BCUT2D eigenvalue weighted by atomic mass is 9.88. The van der Waals surface area contributed by atoms with Gasteiger partial charge < -0.3 is 14.5 Å². The van der Waals surface area contributed by atoms with Crippen molar-refractivity contribution in [1.29, 1.82) is 0 Å². The van der Waals surface area contributed by atoms with Crippen LogP contribution in [-0.4, -0.2) is 32.1 Å². The summed E-state index contributed by atoms with van der Waals surface area (Å²) in [5.74, 6) is 0.910. The van der Waals surface area contributed by atoms with Crippen molar-refractivity contribution in [1.82, 2.24) is 4.90 Å². The molecule has 3 heteroatoms. The van der Waals surface area contributed by atoms with Crippen LogP contribution in [0.15, 0.2) is 78.5 Å². The van der Waals surface area contributed by atoms with Crippen LogP contribution in [0.4, 0.5) is 5.69 Å². The van der Waals surface area contributed by atoms with Crippen molar-refractivity contribution < 1.29 is 4.74 Å². The average Bonchev–Trinajstić information content (AvgIpc) is 3.17. The molecule has 29 heavy (non-hydrogen) atoms. The second-order valence-corrected chi connectivity index (χ2v) is 7.87. The van der Waals surface area contributed by atoms with Gasteiger partial charge in [-0.1, -0.05) is 54.6 Å². The number of hydrogen-bond acceptors (Lipinski definition) is 3. The van der Waals surface area contributed by atoms with Crippen molar-refractivity contribution in [2.45, 2.75) is 13.0 Å². The number of hydrogen-bond donors (Lipinski definition) is 0. The minimum atomic E-state index is 0.910. The summed E-state index contributed by atoms with van der Waals surface area (Å²) in [6, 6.07) is 26.0. The van der Waals surface area contributed by atoms with Crippen molar-refractivity contribution >= 4 is 11.3 Å². The normalized spacial score (nSPS) is 15.4. The molecule has 2 aliphatic heterocycles. The van der Waals surface area contributed by atoms with Gasteiger partial charge in [-0.3, -0.25) is 0 Å². The average molecular weight is 383 g/mol. The summed E-state index contributed by atoms with van der Waals surface area (Å²) in [6.45, 7) is 2.90. The van der Waals surface area contributed by atoms with Crippen LogP contribution in [-0.2, 0) is 13.0 Å². The first-order valence-corrected chi connectivity index (χ1v) is 10.2. The summed E-state index contributed by atoms with van der Waals surface area (Å²) in [7, 11) is 3.96. The number of para-hydroxylation sites is 1. The molecule has 0 radical (unpaired) electrons. The van der Waals surface area contributed by atoms with E-state index >= 15 is 0 Å². The molecule has 0 amide bonds. The molecule has 0 unspecified atom stereocenters. The third-order valence-electron chi connectivity index (χ3n) is 6.13. The van der Waals surface area contributed by atoms with Gasteiger partial charge in [0.05, 0.1) is 13.7 Å². The number of rotatable bonds is 4. The van der Waals surface area contributed by atoms with E-state index in [1.165, 1.54) is 39.2 Å². The molecule has 2 aliphatic rings. The lowest BCUT2D eigenvalue weighted by molar-refractivity contribution is 0.394. The van der Waals surface area contributed by atoms with Crippen molar-refractivity contribution in [3.8, 4) is 5.75 Å². The van der Waals surface area contributed by atoms with Crippen LogP contribution in [0.25, 0.3) is 5.57 Å². The molecule has 3 nitrogen and oxygen atoms in total. The van der Waals surface area contributed by atoms with Crippen LogP contribution < -0.4 is 9.64 Å². The Balaban J connectivity index is 1.65. The largest absolute Gasteiger partial charge is 0.497 e. The predicted octanol–water partition coefficient (Wildman–Crippen LogP) is 4.96. The van der Waals surface area contributed by atoms with Gasteiger partial charge >= 0.3 is 0 Å². The molecule has 0 aliphatic carbocycles. The van der Waals surface area contributed by atoms with Gasteiger partial charge in [0, 0.05) is 37.1 Å². The quantitative estimate of drug-likeness (QED) is 0.634. The third kappa shape index (κ3) is 3.17. The molecule has 0 spiro atoms. The second kappa shape index (κ2) is 7.32. The van der Waals surface area contributed by atoms with Crippen molar-refractivity contribution in [2.24, 2.45) is 0 Å². The zero-order valence-corrected chi connectivity index (χ0v) is 17.1. The molecule has 0 saturated heterocycles. The van der Waals surface area contributed by atoms with Gasteiger partial charge in [0.25, 0.3) is 0 Å². The highest BCUT2D eigenvalue weighted by atomic mass is 16.5. The Morgan fingerprint density at radius 1 is 0.897 bits per heavy atom. The molecule has 0 N–H and O–H groups in total. The number of benzene rings is 3. The van der Waals surface area contributed by atoms with Crippen LogP contribution in [0, 0.1) is 0 Å². The molecule has 0 fully saturated rings. The Bertz CT molecular complexity index is 1070. The van der Waals surface area contributed by atoms with Gasteiger partial charge in [-0.2, -0.15) is 0 Å². The van der Waals surface area contributed by atoms with E-state index in [1.807, 2.05) is 0 Å². The lowest BCUT2D eigenvalue weighted by Gasteiger charge is -2.35. The van der Waals surface area contributed by atoms with Gasteiger partial charge in [0.2, 0.25) is 0 Å². The molecule has 3 aromatic carbocycles. The maximum atomic E-state index is 5.56. The van der Waals surface area contributed by atoms with E-state index in [4.69, 9.17) is 4.74 Å². The third-order valence-corrected chi connectivity index (χ3v) is 6.13. The standard InChI is InChI=1S/C26H26N2O/c1-27-17-21-12-13-22(29-2)16-23(21)26(20-9-4-3-5-10-20)25(27)18-28-15-14-19-8-6-7-11-24(19)28/h3-13,16H,14-15,17-18H2,1-2H3. The Kier molecular flexibility index (Phi) is 4.51. The topological polar surface area (TPSA) is 15.7 Å². The highest BCUT2D eigenvalue weighted by molar-refractivity contribution is 5.85. The molecule has 5 rings (SSSR count). The van der Waals surface area contributed by atoms with E-state index in [0.29, 0.717) is 0 Å². The molecule has 0 aromatic heterocycles. The highest BCUT2D eigenvalue weighted by Gasteiger charge is 2.27. The summed E-state index contributed by atoms with van der Waals surface area (Å²) >= 11 is 0. The number of ether oxygens (including phenoxy) is 1. The first-order valence-electron chi connectivity index (χ1n) is 10.2. The number of methoxy groups -OCH3 is 1. The van der Waals surface area contributed by atoms with E-state index in [1.54, 1.807) is 7.11 Å². The zero-order chi connectivity index (χ0) is 19.8. The number of nitrogens with zero attached hydrogens (tertiary/aromatic N) is 2. The van der Waals surface area contributed by atoms with Gasteiger partial charge in [-0.25, -0.2) is 0 Å². The number of likely N-dealkylation sites (N-methyl/N-ethyl adjacent to an activating group) is 1. The van der Waals surface area contributed by atoms with E-state index in [-0.39, 0.29) is 0 Å². The van der Waals surface area contributed by atoms with E-state index in [0.717, 1.165) is 31.8 Å². The second-order valence-electron chi connectivity index (χ2n) is 7.87. The van der Waals surface area contributed by atoms with E-state index in [2.05, 4.69) is 89.6 Å². The molecule has 0 saturated carbocycles. The first kappa shape index (κ1) is 17.9. The van der Waals surface area contributed by atoms with Crippen LogP contribution in [0.2, 0.25) is 0 Å². The Morgan fingerprint density at radius 2 is 1.69 bits per heavy atom. The molecular formula is C26H26N2O. The molecule has 146 valence electrons. The maximum absolute atomic E-state index is 5.56. The van der Waals surface area contributed by atoms with Crippen molar-refractivity contribution in [2.75, 3.05) is 32.1 Å². The minimum absolute atomic E-state index is 0.910. The molecule has 0 atom stereocenters. The minimum Gasteiger partial charge on any atom is -0.497 e. The van der Waals surface area contributed by atoms with E-state index in [9.17, 15) is 0 Å². The van der Waals surface area contributed by atoms with Gasteiger partial charge in [0.1, 0.15) is 5.75 Å². The van der Waals surface area contributed by atoms with Crippen molar-refractivity contribution in [3.63, 3.8) is 0 Å². The molecular weight excluding hydrogens is 356 g/mol. The molecule has 2 heterocycles. The summed E-state index contributed by atoms with van der Waals surface area (Å²) in [6.07, 6.45) is 1.12. The number of anilines is 1. The molecule has 0 bridgehead atoms. The fourth-order valence-electron chi connectivity index (χ4n) is 4.63. The predicted molar refractivity (Wildman–Crippen MR) is 119 cm³/mol. The lowest BCUT2D eigenvalue weighted by Crippen LogP contribution is -2.33. The Morgan fingerprint density at radius 3 is 2.52 bits per heavy atom. The monoisotopic (exact) mass is 382 g/mol. The summed E-state index contributed by atoms with van der Waals surface area (Å²) in [5.41, 5.74) is 9.41. The Labute approximate surface area is 172 Å². The van der Waals surface area contributed by atoms with Gasteiger partial charge in [-0.05, 0) is 46.9 Å². The molecule has 3 aromatic rings. The van der Waals surface area contributed by atoms with E-state index < -0.39 is 0 Å². The fraction of sp³-hybridized carbons (Fsp3) is 0.231. The Hall–Kier alpha value is -3.20. The van der Waals surface area contributed by atoms with Crippen LogP contribution in [0.5, 0.6) is 5.75 Å². The first-order chi connectivity index (χ1) is 14.2. The van der Waals surface area contributed by atoms with Crippen molar-refractivity contribution in [3.05, 3.63) is 101 Å². The van der Waals surface area contributed by atoms with Crippen LogP contribution >= 0.6 is 0 Å². The summed E-state index contributed by atoms with van der Waals surface area (Å²) in [5, 5.41) is 0. The maximum Gasteiger partial charge on any atom is 0.119 e. The summed E-state index contributed by atoms with van der Waals surface area (Å²) < 4.78 is 5.56. The zero-order valence-electron chi connectivity index (χ0n) is 17.1. The number of fused-ring (bicyclic) bond motifs is 2. The highest BCUT2D eigenvalue weighted by Crippen LogP contribution is 2.39. The fourth-order valence-corrected chi connectivity index (χ4v) is 4.63. The van der Waals surface area contributed by atoms with Gasteiger partial charge in [0.15, 0.2) is 0 Å². The van der Waals surface area contributed by atoms with Crippen LogP contribution in [0.1, 0.15) is 22.3 Å².